The number of benzene rings is 2. The molecule has 0 aliphatic carbocycles. The Labute approximate surface area is 140 Å². The van der Waals surface area contributed by atoms with Crippen molar-refractivity contribution in [2.75, 3.05) is 11.4 Å². The van der Waals surface area contributed by atoms with Crippen molar-refractivity contribution in [1.82, 2.24) is 4.98 Å². The van der Waals surface area contributed by atoms with Gasteiger partial charge in [0.15, 0.2) is 5.60 Å². The van der Waals surface area contributed by atoms with Crippen molar-refractivity contribution in [3.05, 3.63) is 78.0 Å². The van der Waals surface area contributed by atoms with Gasteiger partial charge in [-0.1, -0.05) is 42.5 Å². The van der Waals surface area contributed by atoms with Crippen molar-refractivity contribution in [3.63, 3.8) is 0 Å². The fourth-order valence-electron chi connectivity index (χ4n) is 3.73. The molecule has 2 aromatic carbocycles. The second-order valence-corrected chi connectivity index (χ2v) is 6.10. The standard InChI is InChI=1S/C20H18N2O2/c1-3-12-22-17-11-7-5-9-15(17)20(24,19(22)23)18-13(2)21-16-10-6-4-8-14(16)18/h3-11,21,24H,1,12H2,2H3/t20-/m1/s1. The summed E-state index contributed by atoms with van der Waals surface area (Å²) in [6.07, 6.45) is 1.67. The predicted molar refractivity (Wildman–Crippen MR) is 95.0 cm³/mol. The Morgan fingerprint density at radius 3 is 2.71 bits per heavy atom. The monoisotopic (exact) mass is 318 g/mol. The highest BCUT2D eigenvalue weighted by molar-refractivity contribution is 6.11. The van der Waals surface area contributed by atoms with Gasteiger partial charge in [0, 0.05) is 34.3 Å². The molecular weight excluding hydrogens is 300 g/mol. The average molecular weight is 318 g/mol. The van der Waals surface area contributed by atoms with Crippen molar-refractivity contribution >= 4 is 22.5 Å². The van der Waals surface area contributed by atoms with Crippen LogP contribution < -0.4 is 4.90 Å². The maximum atomic E-state index is 13.2. The Bertz CT molecular complexity index is 973. The van der Waals surface area contributed by atoms with Crippen LogP contribution in [0.15, 0.2) is 61.2 Å². The Morgan fingerprint density at radius 2 is 1.92 bits per heavy atom. The molecule has 4 nitrogen and oxygen atoms in total. The zero-order chi connectivity index (χ0) is 16.9. The summed E-state index contributed by atoms with van der Waals surface area (Å²) in [5, 5.41) is 12.5. The molecule has 1 atom stereocenters. The van der Waals surface area contributed by atoms with Crippen LogP contribution in [0.4, 0.5) is 5.69 Å². The van der Waals surface area contributed by atoms with Gasteiger partial charge in [-0.2, -0.15) is 0 Å². The molecule has 0 spiro atoms. The highest BCUT2D eigenvalue weighted by Crippen LogP contribution is 2.47. The van der Waals surface area contributed by atoms with Crippen molar-refractivity contribution in [3.8, 4) is 0 Å². The third kappa shape index (κ3) is 1.74. The van der Waals surface area contributed by atoms with E-state index in [1.807, 2.05) is 55.5 Å². The first-order valence-electron chi connectivity index (χ1n) is 7.91. The van der Waals surface area contributed by atoms with E-state index in [1.54, 1.807) is 11.0 Å². The summed E-state index contributed by atoms with van der Waals surface area (Å²) in [6, 6.07) is 15.1. The molecule has 24 heavy (non-hydrogen) atoms. The van der Waals surface area contributed by atoms with Crippen LogP contribution in [-0.4, -0.2) is 22.5 Å². The minimum absolute atomic E-state index is 0.337. The average Bonchev–Trinajstić information content (AvgIpc) is 3.03. The third-order valence-electron chi connectivity index (χ3n) is 4.71. The number of carbonyl (C=O) groups is 1. The van der Waals surface area contributed by atoms with E-state index in [1.165, 1.54) is 0 Å². The summed E-state index contributed by atoms with van der Waals surface area (Å²) >= 11 is 0. The predicted octanol–water partition coefficient (Wildman–Crippen LogP) is 3.24. The molecule has 1 amide bonds. The van der Waals surface area contributed by atoms with Crippen molar-refractivity contribution in [1.29, 1.82) is 0 Å². The summed E-state index contributed by atoms with van der Waals surface area (Å²) < 4.78 is 0. The summed E-state index contributed by atoms with van der Waals surface area (Å²) in [6.45, 7) is 5.98. The summed E-state index contributed by atoms with van der Waals surface area (Å²) in [7, 11) is 0. The number of aliphatic hydroxyl groups is 1. The molecule has 0 bridgehead atoms. The van der Waals surface area contributed by atoms with Gasteiger partial charge in [0.25, 0.3) is 5.91 Å². The molecule has 3 aromatic rings. The van der Waals surface area contributed by atoms with Gasteiger partial charge in [-0.15, -0.1) is 6.58 Å². The number of fused-ring (bicyclic) bond motifs is 2. The summed E-state index contributed by atoms with van der Waals surface area (Å²) in [4.78, 5) is 18.0. The van der Waals surface area contributed by atoms with Crippen LogP contribution in [0.3, 0.4) is 0 Å². The molecule has 0 radical (unpaired) electrons. The lowest BCUT2D eigenvalue weighted by Gasteiger charge is -2.23. The SMILES string of the molecule is C=CCN1C(=O)[C@](O)(c2c(C)[nH]c3ccccc23)c2ccccc21. The number of carbonyl (C=O) groups excluding carboxylic acids is 1. The minimum Gasteiger partial charge on any atom is -0.372 e. The van der Waals surface area contributed by atoms with Crippen LogP contribution >= 0.6 is 0 Å². The first-order valence-corrected chi connectivity index (χ1v) is 7.91. The number of amides is 1. The molecule has 2 N–H and O–H groups in total. The number of aryl methyl sites for hydroxylation is 1. The van der Waals surface area contributed by atoms with Gasteiger partial charge in [-0.05, 0) is 19.1 Å². The lowest BCUT2D eigenvalue weighted by molar-refractivity contribution is -0.132. The Kier molecular flexibility index (Phi) is 3.11. The highest BCUT2D eigenvalue weighted by Gasteiger charge is 2.52. The molecule has 120 valence electrons. The van der Waals surface area contributed by atoms with Gasteiger partial charge in [0.2, 0.25) is 0 Å². The molecule has 1 aliphatic rings. The molecule has 4 rings (SSSR count). The lowest BCUT2D eigenvalue weighted by Crippen LogP contribution is -2.41. The Hall–Kier alpha value is -2.85. The zero-order valence-corrected chi connectivity index (χ0v) is 13.4. The third-order valence-corrected chi connectivity index (χ3v) is 4.71. The van der Waals surface area contributed by atoms with E-state index in [-0.39, 0.29) is 5.91 Å². The van der Waals surface area contributed by atoms with Crippen LogP contribution in [0, 0.1) is 6.92 Å². The molecule has 0 fully saturated rings. The second-order valence-electron chi connectivity index (χ2n) is 6.10. The maximum Gasteiger partial charge on any atom is 0.268 e. The Morgan fingerprint density at radius 1 is 1.21 bits per heavy atom. The summed E-state index contributed by atoms with van der Waals surface area (Å²) in [5.41, 5.74) is 1.98. The van der Waals surface area contributed by atoms with Crippen molar-refractivity contribution < 1.29 is 9.90 Å². The first-order chi connectivity index (χ1) is 11.6. The van der Waals surface area contributed by atoms with Crippen LogP contribution in [0.25, 0.3) is 10.9 Å². The number of aromatic nitrogens is 1. The normalized spacial score (nSPS) is 19.8. The molecule has 4 heteroatoms. The van der Waals surface area contributed by atoms with Crippen LogP contribution in [0.5, 0.6) is 0 Å². The van der Waals surface area contributed by atoms with Crippen LogP contribution in [0.1, 0.15) is 16.8 Å². The highest BCUT2D eigenvalue weighted by atomic mass is 16.3. The number of para-hydroxylation sites is 2. The lowest BCUT2D eigenvalue weighted by atomic mass is 9.85. The van der Waals surface area contributed by atoms with E-state index in [4.69, 9.17) is 0 Å². The van der Waals surface area contributed by atoms with Crippen LogP contribution in [-0.2, 0) is 10.4 Å². The fraction of sp³-hybridized carbons (Fsp3) is 0.150. The van der Waals surface area contributed by atoms with Crippen LogP contribution in [0.2, 0.25) is 0 Å². The number of rotatable bonds is 3. The smallest absolute Gasteiger partial charge is 0.268 e. The van der Waals surface area contributed by atoms with Gasteiger partial charge in [0.05, 0.1) is 5.69 Å². The second kappa shape index (κ2) is 5.08. The molecule has 0 saturated carbocycles. The summed E-state index contributed by atoms with van der Waals surface area (Å²) in [5.74, 6) is -0.337. The van der Waals surface area contributed by atoms with Gasteiger partial charge in [-0.25, -0.2) is 0 Å². The van der Waals surface area contributed by atoms with E-state index in [0.29, 0.717) is 17.7 Å². The van der Waals surface area contributed by atoms with Crippen molar-refractivity contribution in [2.24, 2.45) is 0 Å². The van der Waals surface area contributed by atoms with Gasteiger partial charge in [-0.3, -0.25) is 4.79 Å². The van der Waals surface area contributed by atoms with E-state index in [9.17, 15) is 9.90 Å². The number of nitrogens with zero attached hydrogens (tertiary/aromatic N) is 1. The molecule has 1 aliphatic heterocycles. The molecule has 1 aromatic heterocycles. The molecule has 2 heterocycles. The largest absolute Gasteiger partial charge is 0.372 e. The van der Waals surface area contributed by atoms with Gasteiger partial charge < -0.3 is 15.0 Å². The number of anilines is 1. The topological polar surface area (TPSA) is 56.3 Å². The van der Waals surface area contributed by atoms with E-state index in [0.717, 1.165) is 22.3 Å². The van der Waals surface area contributed by atoms with Crippen molar-refractivity contribution in [2.45, 2.75) is 12.5 Å². The number of nitrogens with one attached hydrogen (secondary N) is 1. The number of aromatic amines is 1. The number of H-pyrrole nitrogens is 1. The minimum atomic E-state index is -1.69. The van der Waals surface area contributed by atoms with E-state index < -0.39 is 5.60 Å². The van der Waals surface area contributed by atoms with Gasteiger partial charge in [0.1, 0.15) is 0 Å². The zero-order valence-electron chi connectivity index (χ0n) is 13.4. The first kappa shape index (κ1) is 14.7. The fourth-order valence-corrected chi connectivity index (χ4v) is 3.73. The quantitative estimate of drug-likeness (QED) is 0.728. The number of hydrogen-bond donors (Lipinski definition) is 2. The molecule has 0 saturated heterocycles. The number of hydrogen-bond acceptors (Lipinski definition) is 2. The molecular formula is C20H18N2O2. The maximum absolute atomic E-state index is 13.2. The van der Waals surface area contributed by atoms with E-state index in [2.05, 4.69) is 11.6 Å². The van der Waals surface area contributed by atoms with E-state index >= 15 is 0 Å². The Balaban J connectivity index is 2.04. The van der Waals surface area contributed by atoms with Gasteiger partial charge >= 0.3 is 0 Å². The molecule has 0 unspecified atom stereocenters.